The molecule has 1 aliphatic heterocycles. The molecule has 0 spiro atoms. The fraction of sp³-hybridized carbons (Fsp3) is 0.280. The van der Waals surface area contributed by atoms with E-state index < -0.39 is 23.2 Å². The Balaban J connectivity index is 1.71. The van der Waals surface area contributed by atoms with E-state index in [2.05, 4.69) is 17.1 Å². The third-order valence-corrected chi connectivity index (χ3v) is 6.65. The van der Waals surface area contributed by atoms with Crippen LogP contribution in [-0.4, -0.2) is 29.8 Å². The molecule has 4 aromatic rings. The number of carbonyl (C=O) groups excluding carboxylic acids is 1. The van der Waals surface area contributed by atoms with Crippen molar-refractivity contribution in [1.29, 1.82) is 0 Å². The average molecular weight is 496 g/mol. The molecule has 0 bridgehead atoms. The van der Waals surface area contributed by atoms with Crippen molar-refractivity contribution < 1.29 is 23.1 Å². The molecule has 1 amide bonds. The summed E-state index contributed by atoms with van der Waals surface area (Å²) in [6.45, 7) is 4.38. The molecule has 2 aromatic carbocycles. The summed E-state index contributed by atoms with van der Waals surface area (Å²) in [5.74, 6) is -0.178. The summed E-state index contributed by atoms with van der Waals surface area (Å²) in [5, 5.41) is 9.22. The Labute approximate surface area is 203 Å². The molecular weight excluding hydrogens is 473 g/mol. The van der Waals surface area contributed by atoms with Gasteiger partial charge in [-0.25, -0.2) is 4.39 Å². The van der Waals surface area contributed by atoms with Crippen LogP contribution in [-0.2, 0) is 0 Å². The molecule has 0 saturated carbocycles. The fourth-order valence-corrected chi connectivity index (χ4v) is 4.86. The number of hydrogen-bond donors (Lipinski definition) is 0. The molecule has 35 heavy (non-hydrogen) atoms. The number of ether oxygens (including phenoxy) is 2. The largest absolute Gasteiger partial charge is 0.493 e. The van der Waals surface area contributed by atoms with Gasteiger partial charge in [-0.1, -0.05) is 30.7 Å². The van der Waals surface area contributed by atoms with Crippen molar-refractivity contribution in [3.05, 3.63) is 74.3 Å². The Morgan fingerprint density at radius 2 is 1.97 bits per heavy atom. The molecule has 10 heteroatoms. The summed E-state index contributed by atoms with van der Waals surface area (Å²) in [4.78, 5) is 28.5. The lowest BCUT2D eigenvalue weighted by Crippen LogP contribution is -2.29. The number of hydrogen-bond acceptors (Lipinski definition) is 8. The van der Waals surface area contributed by atoms with Gasteiger partial charge in [0, 0.05) is 0 Å². The second kappa shape index (κ2) is 9.10. The predicted octanol–water partition coefficient (Wildman–Crippen LogP) is 5.03. The van der Waals surface area contributed by atoms with Crippen LogP contribution in [0.25, 0.3) is 11.0 Å². The van der Waals surface area contributed by atoms with E-state index in [9.17, 15) is 14.0 Å². The van der Waals surface area contributed by atoms with E-state index >= 15 is 0 Å². The standard InChI is InChI=1S/C25H22FN3O5S/c1-4-5-10-33-18-8-6-14(11-19(18)32-3)21-20-22(30)16-12-15(26)7-9-17(16)34-23(20)24(31)29(21)25-28-27-13(2)35-25/h6-9,11-12,21H,4-5,10H2,1-3H3. The van der Waals surface area contributed by atoms with Crippen LogP contribution in [0.15, 0.2) is 45.6 Å². The van der Waals surface area contributed by atoms with Crippen LogP contribution in [0.2, 0.25) is 0 Å². The van der Waals surface area contributed by atoms with Crippen LogP contribution in [0.4, 0.5) is 9.52 Å². The molecule has 8 nitrogen and oxygen atoms in total. The SMILES string of the molecule is CCCCOc1ccc(C2c3c(oc4ccc(F)cc4c3=O)C(=O)N2c2nnc(C)s2)cc1OC. The number of methoxy groups -OCH3 is 1. The van der Waals surface area contributed by atoms with Crippen LogP contribution in [0.3, 0.4) is 0 Å². The summed E-state index contributed by atoms with van der Waals surface area (Å²) in [6.07, 6.45) is 1.88. The lowest BCUT2D eigenvalue weighted by Gasteiger charge is -2.23. The van der Waals surface area contributed by atoms with Gasteiger partial charge < -0.3 is 13.9 Å². The van der Waals surface area contributed by atoms with Gasteiger partial charge in [0.2, 0.25) is 10.9 Å². The number of aryl methyl sites for hydroxylation is 1. The number of benzene rings is 2. The van der Waals surface area contributed by atoms with Crippen LogP contribution in [0.5, 0.6) is 11.5 Å². The highest BCUT2D eigenvalue weighted by molar-refractivity contribution is 7.15. The van der Waals surface area contributed by atoms with Gasteiger partial charge in [-0.05, 0) is 49.2 Å². The maximum Gasteiger partial charge on any atom is 0.297 e. The molecule has 1 atom stereocenters. The van der Waals surface area contributed by atoms with Gasteiger partial charge in [-0.2, -0.15) is 0 Å². The summed E-state index contributed by atoms with van der Waals surface area (Å²) >= 11 is 1.22. The lowest BCUT2D eigenvalue weighted by molar-refractivity contribution is 0.0970. The van der Waals surface area contributed by atoms with Gasteiger partial charge in [0.15, 0.2) is 16.9 Å². The van der Waals surface area contributed by atoms with Gasteiger partial charge in [0.1, 0.15) is 16.4 Å². The average Bonchev–Trinajstić information content (AvgIpc) is 3.40. The van der Waals surface area contributed by atoms with Crippen LogP contribution in [0, 0.1) is 12.7 Å². The third kappa shape index (κ3) is 3.93. The number of aromatic nitrogens is 2. The highest BCUT2D eigenvalue weighted by Crippen LogP contribution is 2.44. The second-order valence-corrected chi connectivity index (χ2v) is 9.27. The van der Waals surface area contributed by atoms with E-state index in [4.69, 9.17) is 13.9 Å². The quantitative estimate of drug-likeness (QED) is 0.332. The Bertz CT molecular complexity index is 1500. The first-order chi connectivity index (χ1) is 16.9. The first-order valence-electron chi connectivity index (χ1n) is 11.1. The van der Waals surface area contributed by atoms with Gasteiger partial charge in [-0.3, -0.25) is 14.5 Å². The van der Waals surface area contributed by atoms with Crippen molar-refractivity contribution in [2.75, 3.05) is 18.6 Å². The normalized spacial score (nSPS) is 15.0. The van der Waals surface area contributed by atoms with E-state index in [1.54, 1.807) is 25.1 Å². The number of carbonyl (C=O) groups is 1. The van der Waals surface area contributed by atoms with E-state index in [0.717, 1.165) is 18.9 Å². The van der Waals surface area contributed by atoms with Crippen molar-refractivity contribution in [3.63, 3.8) is 0 Å². The molecular formula is C25H22FN3O5S. The Morgan fingerprint density at radius 3 is 2.69 bits per heavy atom. The molecule has 1 aliphatic rings. The second-order valence-electron chi connectivity index (χ2n) is 8.11. The number of halogens is 1. The number of anilines is 1. The van der Waals surface area contributed by atoms with Crippen molar-refractivity contribution >= 4 is 33.3 Å². The Morgan fingerprint density at radius 1 is 1.14 bits per heavy atom. The predicted molar refractivity (Wildman–Crippen MR) is 129 cm³/mol. The molecule has 0 fully saturated rings. The zero-order valence-electron chi connectivity index (χ0n) is 19.3. The van der Waals surface area contributed by atoms with E-state index in [0.29, 0.717) is 33.8 Å². The maximum atomic E-state index is 14.0. The number of fused-ring (bicyclic) bond motifs is 2. The lowest BCUT2D eigenvalue weighted by atomic mass is 9.98. The minimum absolute atomic E-state index is 0.0586. The van der Waals surface area contributed by atoms with Gasteiger partial charge in [-0.15, -0.1) is 10.2 Å². The fourth-order valence-electron chi connectivity index (χ4n) is 4.14. The van der Waals surface area contributed by atoms with Crippen molar-refractivity contribution in [2.24, 2.45) is 0 Å². The molecule has 0 radical (unpaired) electrons. The van der Waals surface area contributed by atoms with Crippen LogP contribution >= 0.6 is 11.3 Å². The van der Waals surface area contributed by atoms with Gasteiger partial charge in [0.25, 0.3) is 5.91 Å². The smallest absolute Gasteiger partial charge is 0.297 e. The van der Waals surface area contributed by atoms with Crippen LogP contribution in [0.1, 0.15) is 52.5 Å². The zero-order valence-corrected chi connectivity index (χ0v) is 20.1. The Hall–Kier alpha value is -3.79. The monoisotopic (exact) mass is 495 g/mol. The number of unbranched alkanes of at least 4 members (excludes halogenated alkanes) is 1. The number of rotatable bonds is 7. The first-order valence-corrected chi connectivity index (χ1v) is 11.9. The molecule has 180 valence electrons. The molecule has 0 N–H and O–H groups in total. The van der Waals surface area contributed by atoms with Crippen LogP contribution < -0.4 is 19.8 Å². The summed E-state index contributed by atoms with van der Waals surface area (Å²) in [6, 6.07) is 8.02. The Kier molecular flexibility index (Phi) is 5.98. The molecule has 1 unspecified atom stereocenters. The van der Waals surface area contributed by atoms with Gasteiger partial charge in [0.05, 0.1) is 30.7 Å². The summed E-state index contributed by atoms with van der Waals surface area (Å²) in [5.41, 5.74) is 0.357. The highest BCUT2D eigenvalue weighted by atomic mass is 32.1. The van der Waals surface area contributed by atoms with E-state index in [-0.39, 0.29) is 22.3 Å². The number of nitrogens with zero attached hydrogens (tertiary/aromatic N) is 3. The first kappa shape index (κ1) is 23.0. The van der Waals surface area contributed by atoms with Crippen molar-refractivity contribution in [1.82, 2.24) is 10.2 Å². The van der Waals surface area contributed by atoms with Crippen molar-refractivity contribution in [2.45, 2.75) is 32.7 Å². The summed E-state index contributed by atoms with van der Waals surface area (Å²) in [7, 11) is 1.52. The molecule has 0 saturated heterocycles. The molecule has 2 aromatic heterocycles. The summed E-state index contributed by atoms with van der Waals surface area (Å²) < 4.78 is 31.2. The topological polar surface area (TPSA) is 94.8 Å². The van der Waals surface area contributed by atoms with E-state index in [1.165, 1.54) is 35.5 Å². The molecule has 3 heterocycles. The molecule has 0 aliphatic carbocycles. The third-order valence-electron chi connectivity index (χ3n) is 5.81. The molecule has 5 rings (SSSR count). The minimum atomic E-state index is -0.868. The number of amides is 1. The highest BCUT2D eigenvalue weighted by Gasteiger charge is 2.45. The van der Waals surface area contributed by atoms with Gasteiger partial charge >= 0.3 is 0 Å². The minimum Gasteiger partial charge on any atom is -0.493 e. The maximum absolute atomic E-state index is 14.0. The zero-order chi connectivity index (χ0) is 24.7. The van der Waals surface area contributed by atoms with Crippen molar-refractivity contribution in [3.8, 4) is 11.5 Å². The van der Waals surface area contributed by atoms with E-state index in [1.807, 2.05) is 0 Å².